The van der Waals surface area contributed by atoms with Crippen molar-refractivity contribution in [2.24, 2.45) is 0 Å². The first-order valence-corrected chi connectivity index (χ1v) is 4.83. The monoisotopic (exact) mass is 208 g/mol. The quantitative estimate of drug-likeness (QED) is 0.640. The fourth-order valence-electron chi connectivity index (χ4n) is 1.25. The zero-order valence-electron chi connectivity index (χ0n) is 8.95. The Morgan fingerprint density at radius 1 is 1.60 bits per heavy atom. The van der Waals surface area contributed by atoms with Gasteiger partial charge in [-0.15, -0.1) is 0 Å². The minimum Gasteiger partial charge on any atom is -0.398 e. The molecule has 1 aromatic carbocycles. The van der Waals surface area contributed by atoms with Gasteiger partial charge in [-0.05, 0) is 31.5 Å². The number of rotatable bonds is 3. The summed E-state index contributed by atoms with van der Waals surface area (Å²) in [6.45, 7) is 3.46. The molecule has 1 amide bonds. The van der Waals surface area contributed by atoms with Crippen LogP contribution in [0.4, 0.5) is 5.69 Å². The number of benzene rings is 1. The van der Waals surface area contributed by atoms with E-state index in [1.807, 2.05) is 0 Å². The molecule has 0 aliphatic heterocycles. The molecule has 4 nitrogen and oxygen atoms in total. The van der Waals surface area contributed by atoms with E-state index in [0.29, 0.717) is 11.3 Å². The van der Waals surface area contributed by atoms with Gasteiger partial charge >= 0.3 is 0 Å². The highest BCUT2D eigenvalue weighted by Gasteiger charge is 2.12. The highest BCUT2D eigenvalue weighted by Crippen LogP contribution is 2.15. The Kier molecular flexibility index (Phi) is 3.68. The van der Waals surface area contributed by atoms with E-state index in [9.17, 15) is 4.79 Å². The number of hydrogen-bond acceptors (Lipinski definition) is 3. The Morgan fingerprint density at radius 3 is 2.87 bits per heavy atom. The van der Waals surface area contributed by atoms with Crippen molar-refractivity contribution in [3.8, 4) is 0 Å². The van der Waals surface area contributed by atoms with Gasteiger partial charge in [0.25, 0.3) is 5.91 Å². The van der Waals surface area contributed by atoms with Crippen molar-refractivity contribution < 1.29 is 9.90 Å². The van der Waals surface area contributed by atoms with Crippen LogP contribution in [0.5, 0.6) is 0 Å². The lowest BCUT2D eigenvalue weighted by Gasteiger charge is -2.12. The lowest BCUT2D eigenvalue weighted by molar-refractivity contribution is 0.0921. The van der Waals surface area contributed by atoms with Crippen molar-refractivity contribution >= 4 is 11.6 Å². The van der Waals surface area contributed by atoms with Crippen molar-refractivity contribution in [2.45, 2.75) is 19.9 Å². The summed E-state index contributed by atoms with van der Waals surface area (Å²) in [5, 5.41) is 11.5. The van der Waals surface area contributed by atoms with Gasteiger partial charge in [0.15, 0.2) is 0 Å². The standard InChI is InChI=1S/C11H16N2O2/c1-7(6-14)13-11(15)9-4-3-5-10(12)8(9)2/h3-5,7,14H,6,12H2,1-2H3,(H,13,15)/t7-/m1/s1. The first-order chi connectivity index (χ1) is 7.06. The molecule has 4 N–H and O–H groups in total. The number of carbonyl (C=O) groups is 1. The molecular weight excluding hydrogens is 192 g/mol. The van der Waals surface area contributed by atoms with Gasteiger partial charge in [-0.2, -0.15) is 0 Å². The van der Waals surface area contributed by atoms with E-state index in [1.165, 1.54) is 0 Å². The van der Waals surface area contributed by atoms with E-state index < -0.39 is 0 Å². The molecule has 0 aromatic heterocycles. The van der Waals surface area contributed by atoms with Gasteiger partial charge in [0.2, 0.25) is 0 Å². The topological polar surface area (TPSA) is 75.4 Å². The van der Waals surface area contributed by atoms with Crippen LogP contribution in [0.2, 0.25) is 0 Å². The SMILES string of the molecule is Cc1c(N)cccc1C(=O)N[C@H](C)CO. The van der Waals surface area contributed by atoms with Gasteiger partial charge in [-0.1, -0.05) is 6.07 Å². The van der Waals surface area contributed by atoms with Crippen molar-refractivity contribution in [1.29, 1.82) is 0 Å². The molecule has 0 heterocycles. The third-order valence-electron chi connectivity index (χ3n) is 2.27. The van der Waals surface area contributed by atoms with Crippen LogP contribution in [0.15, 0.2) is 18.2 Å². The number of carbonyl (C=O) groups excluding carboxylic acids is 1. The second-order valence-electron chi connectivity index (χ2n) is 3.58. The molecule has 0 saturated heterocycles. The van der Waals surface area contributed by atoms with Crippen molar-refractivity contribution in [3.05, 3.63) is 29.3 Å². The van der Waals surface area contributed by atoms with E-state index in [-0.39, 0.29) is 18.6 Å². The summed E-state index contributed by atoms with van der Waals surface area (Å²) in [6.07, 6.45) is 0. The number of nitrogens with one attached hydrogen (secondary N) is 1. The fourth-order valence-corrected chi connectivity index (χ4v) is 1.25. The zero-order valence-corrected chi connectivity index (χ0v) is 8.95. The Morgan fingerprint density at radius 2 is 2.27 bits per heavy atom. The number of hydrogen-bond donors (Lipinski definition) is 3. The molecule has 82 valence electrons. The predicted molar refractivity (Wildman–Crippen MR) is 59.6 cm³/mol. The van der Waals surface area contributed by atoms with Gasteiger partial charge in [-0.3, -0.25) is 4.79 Å². The Labute approximate surface area is 89.1 Å². The van der Waals surface area contributed by atoms with Gasteiger partial charge < -0.3 is 16.2 Å². The first-order valence-electron chi connectivity index (χ1n) is 4.83. The maximum Gasteiger partial charge on any atom is 0.251 e. The Hall–Kier alpha value is -1.55. The summed E-state index contributed by atoms with van der Waals surface area (Å²) >= 11 is 0. The largest absolute Gasteiger partial charge is 0.398 e. The second-order valence-corrected chi connectivity index (χ2v) is 3.58. The Bertz CT molecular complexity index is 364. The number of nitrogen functional groups attached to an aromatic ring is 1. The van der Waals surface area contributed by atoms with Crippen molar-refractivity contribution in [2.75, 3.05) is 12.3 Å². The third-order valence-corrected chi connectivity index (χ3v) is 2.27. The molecule has 0 radical (unpaired) electrons. The van der Waals surface area contributed by atoms with Crippen LogP contribution in [0.3, 0.4) is 0 Å². The maximum absolute atomic E-state index is 11.7. The number of amides is 1. The molecule has 1 rings (SSSR count). The lowest BCUT2D eigenvalue weighted by Crippen LogP contribution is -2.35. The number of aliphatic hydroxyl groups excluding tert-OH is 1. The predicted octanol–water partition coefficient (Wildman–Crippen LogP) is 0.688. The van der Waals surface area contributed by atoms with Gasteiger partial charge in [0.1, 0.15) is 0 Å². The second kappa shape index (κ2) is 4.79. The molecule has 0 aliphatic carbocycles. The number of anilines is 1. The normalized spacial score (nSPS) is 12.2. The van der Waals surface area contributed by atoms with Gasteiger partial charge in [0, 0.05) is 17.3 Å². The van der Waals surface area contributed by atoms with Crippen LogP contribution in [0.1, 0.15) is 22.8 Å². The maximum atomic E-state index is 11.7. The average Bonchev–Trinajstić information content (AvgIpc) is 2.21. The fraction of sp³-hybridized carbons (Fsp3) is 0.364. The molecular formula is C11H16N2O2. The molecule has 0 unspecified atom stereocenters. The molecule has 0 fully saturated rings. The Balaban J connectivity index is 2.87. The van der Waals surface area contributed by atoms with Crippen LogP contribution in [-0.2, 0) is 0 Å². The smallest absolute Gasteiger partial charge is 0.251 e. The number of aliphatic hydroxyl groups is 1. The molecule has 0 aliphatic rings. The van der Waals surface area contributed by atoms with Crippen LogP contribution >= 0.6 is 0 Å². The van der Waals surface area contributed by atoms with E-state index >= 15 is 0 Å². The van der Waals surface area contributed by atoms with Crippen molar-refractivity contribution in [3.63, 3.8) is 0 Å². The summed E-state index contributed by atoms with van der Waals surface area (Å²) < 4.78 is 0. The van der Waals surface area contributed by atoms with Crippen LogP contribution in [-0.4, -0.2) is 23.7 Å². The summed E-state index contributed by atoms with van der Waals surface area (Å²) in [5.41, 5.74) is 7.60. The number of nitrogens with two attached hydrogens (primary N) is 1. The lowest BCUT2D eigenvalue weighted by atomic mass is 10.1. The first kappa shape index (κ1) is 11.5. The van der Waals surface area contributed by atoms with Crippen LogP contribution in [0.25, 0.3) is 0 Å². The van der Waals surface area contributed by atoms with Crippen molar-refractivity contribution in [1.82, 2.24) is 5.32 Å². The summed E-state index contributed by atoms with van der Waals surface area (Å²) in [4.78, 5) is 11.7. The minimum absolute atomic E-state index is 0.0763. The molecule has 0 bridgehead atoms. The van der Waals surface area contributed by atoms with Crippen LogP contribution in [0, 0.1) is 6.92 Å². The van der Waals surface area contributed by atoms with E-state index in [4.69, 9.17) is 10.8 Å². The van der Waals surface area contributed by atoms with E-state index in [0.717, 1.165) is 5.56 Å². The molecule has 4 heteroatoms. The molecule has 15 heavy (non-hydrogen) atoms. The summed E-state index contributed by atoms with van der Waals surface area (Å²) in [7, 11) is 0. The van der Waals surface area contributed by atoms with Gasteiger partial charge in [0.05, 0.1) is 6.61 Å². The molecule has 0 spiro atoms. The summed E-state index contributed by atoms with van der Waals surface area (Å²) in [5.74, 6) is -0.207. The van der Waals surface area contributed by atoms with E-state index in [1.54, 1.807) is 32.0 Å². The minimum atomic E-state index is -0.252. The molecule has 0 saturated carbocycles. The molecule has 1 atom stereocenters. The highest BCUT2D eigenvalue weighted by atomic mass is 16.3. The van der Waals surface area contributed by atoms with E-state index in [2.05, 4.69) is 5.32 Å². The average molecular weight is 208 g/mol. The van der Waals surface area contributed by atoms with Crippen LogP contribution < -0.4 is 11.1 Å². The third kappa shape index (κ3) is 2.70. The zero-order chi connectivity index (χ0) is 11.4. The molecule has 1 aromatic rings. The summed E-state index contributed by atoms with van der Waals surface area (Å²) in [6, 6.07) is 4.95. The van der Waals surface area contributed by atoms with Gasteiger partial charge in [-0.25, -0.2) is 0 Å². The highest BCUT2D eigenvalue weighted by molar-refractivity contribution is 5.97.